The molecule has 0 amide bonds. The van der Waals surface area contributed by atoms with Gasteiger partial charge in [0.05, 0.1) is 27.7 Å². The third-order valence-electron chi connectivity index (χ3n) is 9.77. The molecular formula is C47H32N2. The summed E-state index contributed by atoms with van der Waals surface area (Å²) < 4.78 is 76.3. The lowest BCUT2D eigenvalue weighted by Crippen LogP contribution is -2.01. The summed E-state index contributed by atoms with van der Waals surface area (Å²) in [7, 11) is 0. The van der Waals surface area contributed by atoms with Gasteiger partial charge in [-0.25, -0.2) is 4.98 Å². The van der Waals surface area contributed by atoms with Gasteiger partial charge in [-0.15, -0.1) is 0 Å². The molecule has 1 aromatic heterocycles. The smallest absolute Gasteiger partial charge is 0.114 e. The zero-order valence-electron chi connectivity index (χ0n) is 34.6. The van der Waals surface area contributed by atoms with Crippen molar-refractivity contribution in [2.75, 3.05) is 0 Å². The van der Waals surface area contributed by atoms with E-state index in [0.29, 0.717) is 28.7 Å². The predicted molar refractivity (Wildman–Crippen MR) is 209 cm³/mol. The van der Waals surface area contributed by atoms with E-state index in [1.807, 2.05) is 115 Å². The van der Waals surface area contributed by atoms with Gasteiger partial charge in [0.1, 0.15) is 5.82 Å². The number of imidazole rings is 1. The highest BCUT2D eigenvalue weighted by molar-refractivity contribution is 6.27. The van der Waals surface area contributed by atoms with Crippen LogP contribution in [0.1, 0.15) is 23.7 Å². The summed E-state index contributed by atoms with van der Waals surface area (Å²) in [6, 6.07) is 34.5. The Morgan fingerprint density at radius 1 is 0.510 bits per heavy atom. The minimum absolute atomic E-state index is 0.186. The van der Waals surface area contributed by atoms with E-state index in [-0.39, 0.29) is 45.7 Å². The molecule has 0 aliphatic rings. The molecule has 0 spiro atoms. The normalized spacial score (nSPS) is 14.1. The van der Waals surface area contributed by atoms with Gasteiger partial charge in [0.25, 0.3) is 0 Å². The summed E-state index contributed by atoms with van der Waals surface area (Å²) in [5.74, 6) is 0.875. The number of fused-ring (bicyclic) bond motifs is 7. The molecule has 0 radical (unpaired) electrons. The lowest BCUT2D eigenvalue weighted by atomic mass is 9.83. The zero-order chi connectivity index (χ0) is 39.4. The largest absolute Gasteiger partial charge is 0.296 e. The summed E-state index contributed by atoms with van der Waals surface area (Å²) in [6.45, 7) is 2.06. The molecule has 2 nitrogen and oxygen atoms in total. The fourth-order valence-corrected chi connectivity index (χ4v) is 7.70. The van der Waals surface area contributed by atoms with E-state index in [9.17, 15) is 5.48 Å². The standard InChI is InChI=1S/C47H32N2/c1-2-45-48-42-25-13-14-26-44(42)49(45)43-28-27-40(34-19-7-8-20-35(34)43)46-36-21-9-11-23-38(36)47(39-24-12-10-22-37(39)46)41-29-30-15-3-4-16-31(30)32-17-5-6-18-33(32)41/h3-29H,2H2,1H3/i9D,10D,11D,12D,21D,22D,23D,24D. The van der Waals surface area contributed by atoms with Crippen molar-refractivity contribution in [1.29, 1.82) is 0 Å². The van der Waals surface area contributed by atoms with Crippen LogP contribution in [-0.2, 0) is 6.42 Å². The lowest BCUT2D eigenvalue weighted by Gasteiger charge is -2.21. The van der Waals surface area contributed by atoms with E-state index in [1.54, 1.807) is 0 Å². The van der Waals surface area contributed by atoms with Crippen LogP contribution >= 0.6 is 0 Å². The minimum atomic E-state index is -0.429. The summed E-state index contributed by atoms with van der Waals surface area (Å²) in [5, 5.41) is 5.94. The van der Waals surface area contributed by atoms with E-state index < -0.39 is 24.2 Å². The van der Waals surface area contributed by atoms with Crippen LogP contribution < -0.4 is 0 Å². The molecule has 0 fully saturated rings. The first kappa shape index (κ1) is 20.9. The van der Waals surface area contributed by atoms with Gasteiger partial charge < -0.3 is 0 Å². The highest BCUT2D eigenvalue weighted by Gasteiger charge is 2.21. The van der Waals surface area contributed by atoms with Crippen molar-refractivity contribution in [1.82, 2.24) is 9.55 Å². The summed E-state index contributed by atoms with van der Waals surface area (Å²) in [5.41, 5.74) is 4.53. The van der Waals surface area contributed by atoms with Gasteiger partial charge in [-0.2, -0.15) is 0 Å². The molecule has 10 aromatic rings. The van der Waals surface area contributed by atoms with E-state index in [2.05, 4.69) is 11.5 Å². The number of hydrogen-bond acceptors (Lipinski definition) is 1. The van der Waals surface area contributed by atoms with Gasteiger partial charge in [0, 0.05) is 11.8 Å². The van der Waals surface area contributed by atoms with Crippen LogP contribution in [0.4, 0.5) is 0 Å². The van der Waals surface area contributed by atoms with Gasteiger partial charge in [-0.3, -0.25) is 4.57 Å². The highest BCUT2D eigenvalue weighted by Crippen LogP contribution is 2.48. The number of benzene rings is 9. The van der Waals surface area contributed by atoms with Gasteiger partial charge in [-0.1, -0.05) is 146 Å². The van der Waals surface area contributed by atoms with Crippen molar-refractivity contribution >= 4 is 64.9 Å². The molecule has 0 bridgehead atoms. The Kier molecular flexibility index (Phi) is 4.64. The van der Waals surface area contributed by atoms with Gasteiger partial charge >= 0.3 is 0 Å². The lowest BCUT2D eigenvalue weighted by molar-refractivity contribution is 0.913. The second-order valence-electron chi connectivity index (χ2n) is 12.3. The summed E-state index contributed by atoms with van der Waals surface area (Å²) >= 11 is 0. The van der Waals surface area contributed by atoms with Gasteiger partial charge in [-0.05, 0) is 95.0 Å². The van der Waals surface area contributed by atoms with Crippen molar-refractivity contribution in [2.45, 2.75) is 13.3 Å². The fourth-order valence-electron chi connectivity index (χ4n) is 7.70. The van der Waals surface area contributed by atoms with E-state index >= 15 is 0 Å². The fraction of sp³-hybridized carbons (Fsp3) is 0.0426. The van der Waals surface area contributed by atoms with Crippen LogP contribution in [0.15, 0.2) is 164 Å². The first-order valence-corrected chi connectivity index (χ1v) is 16.5. The number of para-hydroxylation sites is 2. The number of hydrogen-bond donors (Lipinski definition) is 0. The molecule has 2 heteroatoms. The molecule has 0 unspecified atom stereocenters. The Balaban J connectivity index is 1.45. The highest BCUT2D eigenvalue weighted by atomic mass is 15.1. The van der Waals surface area contributed by atoms with Crippen LogP contribution in [0.3, 0.4) is 0 Å². The molecule has 0 N–H and O–H groups in total. The Labute approximate surface area is 295 Å². The third-order valence-corrected chi connectivity index (χ3v) is 9.77. The second-order valence-corrected chi connectivity index (χ2v) is 12.3. The van der Waals surface area contributed by atoms with Crippen molar-refractivity contribution in [3.8, 4) is 27.9 Å². The summed E-state index contributed by atoms with van der Waals surface area (Å²) in [4.78, 5) is 4.93. The van der Waals surface area contributed by atoms with Crippen LogP contribution in [-0.4, -0.2) is 9.55 Å². The maximum Gasteiger partial charge on any atom is 0.114 e. The van der Waals surface area contributed by atoms with Crippen molar-refractivity contribution < 1.29 is 11.0 Å². The minimum Gasteiger partial charge on any atom is -0.296 e. The Bertz CT molecular complexity index is 3310. The average Bonchev–Trinajstić information content (AvgIpc) is 3.63. The van der Waals surface area contributed by atoms with Crippen LogP contribution in [0.2, 0.25) is 0 Å². The first-order valence-electron chi connectivity index (χ1n) is 20.5. The van der Waals surface area contributed by atoms with E-state index in [4.69, 9.17) is 10.5 Å². The predicted octanol–water partition coefficient (Wildman–Crippen LogP) is 12.7. The van der Waals surface area contributed by atoms with E-state index in [0.717, 1.165) is 54.9 Å². The molecule has 0 aliphatic carbocycles. The van der Waals surface area contributed by atoms with Crippen LogP contribution in [0.5, 0.6) is 0 Å². The molecular weight excluding hydrogens is 593 g/mol. The number of rotatable bonds is 4. The van der Waals surface area contributed by atoms with E-state index in [1.165, 1.54) is 0 Å². The van der Waals surface area contributed by atoms with Crippen LogP contribution in [0, 0.1) is 0 Å². The Morgan fingerprint density at radius 2 is 1.04 bits per heavy atom. The maximum atomic E-state index is 9.58. The molecule has 0 aliphatic heterocycles. The van der Waals surface area contributed by atoms with Gasteiger partial charge in [0.15, 0.2) is 0 Å². The molecule has 49 heavy (non-hydrogen) atoms. The summed E-state index contributed by atoms with van der Waals surface area (Å²) in [6.07, 6.45) is 0.678. The van der Waals surface area contributed by atoms with Crippen molar-refractivity contribution in [2.24, 2.45) is 0 Å². The quantitative estimate of drug-likeness (QED) is 0.139. The Hall–Kier alpha value is -6.25. The monoisotopic (exact) mass is 632 g/mol. The second kappa shape index (κ2) is 10.9. The molecule has 0 saturated carbocycles. The van der Waals surface area contributed by atoms with Crippen LogP contribution in [0.25, 0.3) is 92.8 Å². The average molecular weight is 633 g/mol. The molecule has 230 valence electrons. The number of aryl methyl sites for hydroxylation is 1. The Morgan fingerprint density at radius 3 is 1.71 bits per heavy atom. The van der Waals surface area contributed by atoms with Crippen molar-refractivity contribution in [3.63, 3.8) is 0 Å². The zero-order valence-corrected chi connectivity index (χ0v) is 26.6. The molecule has 0 atom stereocenters. The maximum absolute atomic E-state index is 9.58. The van der Waals surface area contributed by atoms with Gasteiger partial charge in [0.2, 0.25) is 0 Å². The SMILES string of the molecule is [2H]c1c([2H])c([2H])c2c(-c3cc4ccccc4c4ccccc34)c3c([2H])c([2H])c([2H])c([2H])c3c(-c3ccc(-n4c(CC)nc5ccccc54)c4ccccc34)c2c1[2H]. The topological polar surface area (TPSA) is 17.8 Å². The first-order chi connectivity index (χ1) is 27.6. The number of nitrogens with zero attached hydrogens (tertiary/aromatic N) is 2. The molecule has 1 heterocycles. The number of aromatic nitrogens is 2. The molecule has 10 rings (SSSR count). The molecule has 9 aromatic carbocycles. The third kappa shape index (κ3) is 4.11. The van der Waals surface area contributed by atoms with Crippen molar-refractivity contribution in [3.05, 3.63) is 169 Å². The molecule has 0 saturated heterocycles.